The summed E-state index contributed by atoms with van der Waals surface area (Å²) in [4.78, 5) is 7.77. The monoisotopic (exact) mass is 267 g/mol. The largest absolute Gasteiger partial charge is 0.339 e. The van der Waals surface area contributed by atoms with Crippen molar-refractivity contribution in [3.05, 3.63) is 42.1 Å². The van der Waals surface area contributed by atoms with Crippen LogP contribution in [0.3, 0.4) is 0 Å². The summed E-state index contributed by atoms with van der Waals surface area (Å²) >= 11 is 0. The third kappa shape index (κ3) is 2.68. The van der Waals surface area contributed by atoms with Crippen molar-refractivity contribution in [3.63, 3.8) is 0 Å². The Morgan fingerprint density at radius 2 is 2.00 bits per heavy atom. The third-order valence-electron chi connectivity index (χ3n) is 3.50. The molecule has 1 aromatic carbocycles. The van der Waals surface area contributed by atoms with Crippen LogP contribution in [0.1, 0.15) is 26.3 Å². The molecule has 0 atom stereocenters. The van der Waals surface area contributed by atoms with E-state index in [0.29, 0.717) is 0 Å². The van der Waals surface area contributed by atoms with E-state index >= 15 is 0 Å². The summed E-state index contributed by atoms with van der Waals surface area (Å²) in [5, 5.41) is 5.97. The lowest BCUT2D eigenvalue weighted by Gasteiger charge is -2.20. The van der Waals surface area contributed by atoms with Gasteiger partial charge in [0.25, 0.3) is 0 Å². The van der Waals surface area contributed by atoms with Crippen molar-refractivity contribution in [1.29, 1.82) is 0 Å². The van der Waals surface area contributed by atoms with Crippen LogP contribution in [0, 0.1) is 0 Å². The van der Waals surface area contributed by atoms with Gasteiger partial charge < -0.3 is 10.3 Å². The summed E-state index contributed by atoms with van der Waals surface area (Å²) in [7, 11) is 0. The Bertz CT molecular complexity index is 735. The second kappa shape index (κ2) is 4.91. The zero-order valence-corrected chi connectivity index (χ0v) is 12.3. The van der Waals surface area contributed by atoms with Crippen LogP contribution in [0.4, 0.5) is 0 Å². The van der Waals surface area contributed by atoms with Crippen LogP contribution in [-0.2, 0) is 6.42 Å². The molecule has 2 heterocycles. The summed E-state index contributed by atoms with van der Waals surface area (Å²) in [6.07, 6.45) is 2.86. The molecule has 3 nitrogen and oxygen atoms in total. The predicted molar refractivity (Wildman–Crippen MR) is 85.1 cm³/mol. The first-order valence-corrected chi connectivity index (χ1v) is 7.13. The van der Waals surface area contributed by atoms with E-state index in [2.05, 4.69) is 60.3 Å². The van der Waals surface area contributed by atoms with Crippen LogP contribution in [0.15, 0.2) is 36.5 Å². The van der Waals surface area contributed by atoms with E-state index in [9.17, 15) is 0 Å². The highest BCUT2D eigenvalue weighted by atomic mass is 14.9. The minimum absolute atomic E-state index is 0.176. The Morgan fingerprint density at radius 3 is 2.80 bits per heavy atom. The van der Waals surface area contributed by atoms with E-state index < -0.39 is 0 Å². The predicted octanol–water partition coefficient (Wildman–Crippen LogP) is 3.65. The molecule has 104 valence electrons. The Hall–Kier alpha value is -1.87. The molecule has 0 fully saturated rings. The minimum Gasteiger partial charge on any atom is -0.339 e. The van der Waals surface area contributed by atoms with Gasteiger partial charge in [-0.3, -0.25) is 0 Å². The normalized spacial score (nSPS) is 12.3. The zero-order chi connectivity index (χ0) is 14.2. The van der Waals surface area contributed by atoms with Gasteiger partial charge in [-0.1, -0.05) is 12.1 Å². The van der Waals surface area contributed by atoms with Gasteiger partial charge in [0.1, 0.15) is 5.65 Å². The van der Waals surface area contributed by atoms with Gasteiger partial charge in [-0.05, 0) is 57.5 Å². The van der Waals surface area contributed by atoms with E-state index in [1.54, 1.807) is 0 Å². The molecular weight excluding hydrogens is 246 g/mol. The third-order valence-corrected chi connectivity index (χ3v) is 3.50. The summed E-state index contributed by atoms with van der Waals surface area (Å²) in [5.74, 6) is 0. The van der Waals surface area contributed by atoms with Gasteiger partial charge in [0.2, 0.25) is 0 Å². The molecule has 0 bridgehead atoms. The second-order valence-electron chi connectivity index (χ2n) is 6.33. The Balaban J connectivity index is 1.85. The van der Waals surface area contributed by atoms with Gasteiger partial charge in [-0.25, -0.2) is 4.98 Å². The average Bonchev–Trinajstić information content (AvgIpc) is 2.74. The van der Waals surface area contributed by atoms with Crippen LogP contribution < -0.4 is 5.32 Å². The maximum atomic E-state index is 4.37. The van der Waals surface area contributed by atoms with E-state index in [1.165, 1.54) is 21.9 Å². The zero-order valence-electron chi connectivity index (χ0n) is 12.3. The molecule has 0 saturated carbocycles. The molecular formula is C17H21N3. The molecule has 2 N–H and O–H groups in total. The van der Waals surface area contributed by atoms with E-state index in [0.717, 1.165) is 18.6 Å². The van der Waals surface area contributed by atoms with Crippen molar-refractivity contribution in [1.82, 2.24) is 15.3 Å². The van der Waals surface area contributed by atoms with Crippen molar-refractivity contribution < 1.29 is 0 Å². The smallest absolute Gasteiger partial charge is 0.138 e. The first-order chi connectivity index (χ1) is 9.53. The molecule has 0 radical (unpaired) electrons. The van der Waals surface area contributed by atoms with Crippen molar-refractivity contribution in [2.45, 2.75) is 32.7 Å². The number of nitrogens with one attached hydrogen (secondary N) is 2. The van der Waals surface area contributed by atoms with Crippen molar-refractivity contribution in [2.24, 2.45) is 0 Å². The number of H-pyrrole nitrogens is 1. The average molecular weight is 267 g/mol. The fourth-order valence-electron chi connectivity index (χ4n) is 2.52. The Kier molecular flexibility index (Phi) is 3.22. The molecule has 3 rings (SSSR count). The van der Waals surface area contributed by atoms with Gasteiger partial charge in [0, 0.05) is 28.0 Å². The number of nitrogens with zero attached hydrogens (tertiary/aromatic N) is 1. The number of aromatic nitrogens is 2. The Morgan fingerprint density at radius 1 is 1.15 bits per heavy atom. The van der Waals surface area contributed by atoms with Crippen LogP contribution in [0.25, 0.3) is 21.9 Å². The van der Waals surface area contributed by atoms with Crippen LogP contribution in [-0.4, -0.2) is 22.1 Å². The lowest BCUT2D eigenvalue weighted by molar-refractivity contribution is 0.429. The Labute approximate surface area is 119 Å². The maximum absolute atomic E-state index is 4.37. The summed E-state index contributed by atoms with van der Waals surface area (Å²) in [6.45, 7) is 7.58. The highest BCUT2D eigenvalue weighted by molar-refractivity contribution is 6.05. The quantitative estimate of drug-likeness (QED) is 0.760. The van der Waals surface area contributed by atoms with Gasteiger partial charge in [-0.15, -0.1) is 0 Å². The number of fused-ring (bicyclic) bond motifs is 3. The molecule has 0 aliphatic rings. The molecule has 0 aliphatic heterocycles. The van der Waals surface area contributed by atoms with Crippen molar-refractivity contribution >= 4 is 21.9 Å². The molecule has 0 spiro atoms. The van der Waals surface area contributed by atoms with Crippen LogP contribution in [0.5, 0.6) is 0 Å². The van der Waals surface area contributed by atoms with Crippen molar-refractivity contribution in [2.75, 3.05) is 6.54 Å². The summed E-state index contributed by atoms with van der Waals surface area (Å²) in [6, 6.07) is 10.7. The maximum Gasteiger partial charge on any atom is 0.138 e. The molecule has 0 amide bonds. The van der Waals surface area contributed by atoms with E-state index in [1.807, 2.05) is 12.3 Å². The molecule has 3 heteroatoms. The number of hydrogen-bond acceptors (Lipinski definition) is 2. The van der Waals surface area contributed by atoms with Crippen molar-refractivity contribution in [3.8, 4) is 0 Å². The topological polar surface area (TPSA) is 40.7 Å². The fraction of sp³-hybridized carbons (Fsp3) is 0.353. The lowest BCUT2D eigenvalue weighted by atomic mass is 10.1. The van der Waals surface area contributed by atoms with E-state index in [-0.39, 0.29) is 5.54 Å². The lowest BCUT2D eigenvalue weighted by Crippen LogP contribution is -2.37. The minimum atomic E-state index is 0.176. The van der Waals surface area contributed by atoms with Gasteiger partial charge in [0.15, 0.2) is 0 Å². The van der Waals surface area contributed by atoms with Gasteiger partial charge >= 0.3 is 0 Å². The molecule has 20 heavy (non-hydrogen) atoms. The highest BCUT2D eigenvalue weighted by Crippen LogP contribution is 2.24. The first kappa shape index (κ1) is 13.1. The first-order valence-electron chi connectivity index (χ1n) is 7.13. The fourth-order valence-corrected chi connectivity index (χ4v) is 2.52. The van der Waals surface area contributed by atoms with E-state index in [4.69, 9.17) is 0 Å². The highest BCUT2D eigenvalue weighted by Gasteiger charge is 2.08. The molecule has 0 aliphatic carbocycles. The van der Waals surface area contributed by atoms with Gasteiger partial charge in [0.05, 0.1) is 0 Å². The van der Waals surface area contributed by atoms with Crippen LogP contribution >= 0.6 is 0 Å². The second-order valence-corrected chi connectivity index (χ2v) is 6.33. The standard InChI is InChI=1S/C17H21N3/c1-17(2,3)19-10-8-12-6-7-13-14-5-4-9-18-16(14)20-15(13)11-12/h4-7,9,11,19H,8,10H2,1-3H3,(H,18,20). The molecule has 2 aromatic heterocycles. The molecule has 3 aromatic rings. The number of aromatic amines is 1. The van der Waals surface area contributed by atoms with Gasteiger partial charge in [-0.2, -0.15) is 0 Å². The SMILES string of the molecule is CC(C)(C)NCCc1ccc2c(c1)[nH]c1ncccc12. The van der Waals surface area contributed by atoms with Crippen LogP contribution in [0.2, 0.25) is 0 Å². The summed E-state index contributed by atoms with van der Waals surface area (Å²) < 4.78 is 0. The molecule has 0 saturated heterocycles. The number of pyridine rings is 1. The number of rotatable bonds is 3. The summed E-state index contributed by atoms with van der Waals surface area (Å²) in [5.41, 5.74) is 3.66. The number of benzene rings is 1. The number of hydrogen-bond donors (Lipinski definition) is 2. The molecule has 0 unspecified atom stereocenters.